The molecule has 0 aliphatic heterocycles. The molecule has 0 bridgehead atoms. The van der Waals surface area contributed by atoms with Crippen molar-refractivity contribution in [3.05, 3.63) is 23.8 Å². The molecule has 1 aromatic rings. The zero-order chi connectivity index (χ0) is 14.1. The van der Waals surface area contributed by atoms with Crippen molar-refractivity contribution >= 4 is 17.3 Å². The molecule has 1 aromatic carbocycles. The van der Waals surface area contributed by atoms with E-state index in [-0.39, 0.29) is 5.97 Å². The van der Waals surface area contributed by atoms with E-state index in [0.29, 0.717) is 5.56 Å². The van der Waals surface area contributed by atoms with E-state index in [1.807, 2.05) is 12.1 Å². The predicted molar refractivity (Wildman–Crippen MR) is 79.9 cm³/mol. The van der Waals surface area contributed by atoms with Crippen LogP contribution in [0.4, 0.5) is 11.4 Å². The van der Waals surface area contributed by atoms with Crippen LogP contribution in [-0.4, -0.2) is 26.2 Å². The molecule has 2 saturated carbocycles. The number of carbonyl (C=O) groups excluding carboxylic acids is 1. The summed E-state index contributed by atoms with van der Waals surface area (Å²) in [4.78, 5) is 14.1. The van der Waals surface area contributed by atoms with Gasteiger partial charge in [-0.25, -0.2) is 4.79 Å². The summed E-state index contributed by atoms with van der Waals surface area (Å²) in [6.45, 7) is 2.12. The van der Waals surface area contributed by atoms with Crippen molar-refractivity contribution in [1.29, 1.82) is 0 Å². The number of hydrogen-bond acceptors (Lipinski definition) is 4. The third kappa shape index (κ3) is 3.06. The molecule has 0 atom stereocenters. The Bertz CT molecular complexity index is 493. The molecule has 4 heteroatoms. The second-order valence-electron chi connectivity index (χ2n) is 6.06. The molecular weight excluding hydrogens is 252 g/mol. The normalized spacial score (nSPS) is 17.9. The smallest absolute Gasteiger partial charge is 0.337 e. The first-order valence-corrected chi connectivity index (χ1v) is 7.40. The van der Waals surface area contributed by atoms with E-state index < -0.39 is 0 Å². The zero-order valence-electron chi connectivity index (χ0n) is 12.0. The van der Waals surface area contributed by atoms with Crippen molar-refractivity contribution < 1.29 is 9.53 Å². The fraction of sp³-hybridized carbons (Fsp3) is 0.562. The van der Waals surface area contributed by atoms with Gasteiger partial charge in [0, 0.05) is 13.1 Å². The molecule has 108 valence electrons. The fourth-order valence-electron chi connectivity index (χ4n) is 2.56. The van der Waals surface area contributed by atoms with Gasteiger partial charge in [0.1, 0.15) is 0 Å². The lowest BCUT2D eigenvalue weighted by molar-refractivity contribution is 0.0601. The first-order chi connectivity index (χ1) is 9.67. The van der Waals surface area contributed by atoms with Crippen molar-refractivity contribution in [2.24, 2.45) is 11.8 Å². The zero-order valence-corrected chi connectivity index (χ0v) is 12.0. The molecule has 2 aliphatic rings. The first-order valence-electron chi connectivity index (χ1n) is 7.40. The van der Waals surface area contributed by atoms with Crippen molar-refractivity contribution in [2.45, 2.75) is 25.7 Å². The Hall–Kier alpha value is -1.71. The third-order valence-corrected chi connectivity index (χ3v) is 4.14. The molecule has 0 spiro atoms. The van der Waals surface area contributed by atoms with E-state index in [1.54, 1.807) is 6.07 Å². The molecule has 0 radical (unpaired) electrons. The molecule has 0 amide bonds. The summed E-state index contributed by atoms with van der Waals surface area (Å²) in [6, 6.07) is 5.43. The summed E-state index contributed by atoms with van der Waals surface area (Å²) >= 11 is 0. The maximum absolute atomic E-state index is 11.7. The van der Waals surface area contributed by atoms with Crippen LogP contribution in [0.1, 0.15) is 36.0 Å². The summed E-state index contributed by atoms with van der Waals surface area (Å²) in [6.07, 6.45) is 5.27. The van der Waals surface area contributed by atoms with Crippen LogP contribution in [0.15, 0.2) is 18.2 Å². The highest BCUT2D eigenvalue weighted by Crippen LogP contribution is 2.37. The second kappa shape index (κ2) is 5.35. The summed E-state index contributed by atoms with van der Waals surface area (Å²) in [5.74, 6) is 1.30. The Morgan fingerprint density at radius 2 is 1.85 bits per heavy atom. The molecule has 0 unspecified atom stereocenters. The van der Waals surface area contributed by atoms with E-state index >= 15 is 0 Å². The van der Waals surface area contributed by atoms with Gasteiger partial charge in [-0.1, -0.05) is 0 Å². The highest BCUT2D eigenvalue weighted by molar-refractivity contribution is 5.92. The average molecular weight is 274 g/mol. The van der Waals surface area contributed by atoms with E-state index in [4.69, 9.17) is 10.5 Å². The minimum Gasteiger partial charge on any atom is -0.465 e. The summed E-state index contributed by atoms with van der Waals surface area (Å²) in [7, 11) is 1.41. The van der Waals surface area contributed by atoms with E-state index in [9.17, 15) is 4.79 Å². The fourth-order valence-corrected chi connectivity index (χ4v) is 2.56. The van der Waals surface area contributed by atoms with Crippen LogP contribution in [0.25, 0.3) is 0 Å². The number of nitrogens with zero attached hydrogens (tertiary/aromatic N) is 1. The maximum atomic E-state index is 11.7. The van der Waals surface area contributed by atoms with Crippen molar-refractivity contribution in [2.75, 3.05) is 30.8 Å². The average Bonchev–Trinajstić information content (AvgIpc) is 3.33. The van der Waals surface area contributed by atoms with Crippen molar-refractivity contribution in [3.8, 4) is 0 Å². The van der Waals surface area contributed by atoms with Crippen LogP contribution in [0.5, 0.6) is 0 Å². The van der Waals surface area contributed by atoms with Gasteiger partial charge in [0.15, 0.2) is 0 Å². The number of nitrogen functional groups attached to an aromatic ring is 1. The lowest BCUT2D eigenvalue weighted by Crippen LogP contribution is -2.29. The summed E-state index contributed by atoms with van der Waals surface area (Å²) < 4.78 is 4.80. The Morgan fingerprint density at radius 3 is 2.35 bits per heavy atom. The number of esters is 1. The predicted octanol–water partition coefficient (Wildman–Crippen LogP) is 2.68. The van der Waals surface area contributed by atoms with E-state index in [2.05, 4.69) is 4.90 Å². The Kier molecular flexibility index (Phi) is 3.55. The van der Waals surface area contributed by atoms with Gasteiger partial charge in [0.05, 0.1) is 24.0 Å². The Balaban J connectivity index is 1.84. The topological polar surface area (TPSA) is 55.6 Å². The molecule has 4 nitrogen and oxygen atoms in total. The number of hydrogen-bond donors (Lipinski definition) is 1. The lowest BCUT2D eigenvalue weighted by atomic mass is 10.1. The quantitative estimate of drug-likeness (QED) is 0.640. The minimum atomic E-state index is -0.302. The molecular formula is C16H22N2O2. The van der Waals surface area contributed by atoms with Gasteiger partial charge >= 0.3 is 5.97 Å². The van der Waals surface area contributed by atoms with Gasteiger partial charge in [-0.2, -0.15) is 0 Å². The van der Waals surface area contributed by atoms with Gasteiger partial charge in [-0.3, -0.25) is 0 Å². The van der Waals surface area contributed by atoms with Gasteiger partial charge in [-0.15, -0.1) is 0 Å². The largest absolute Gasteiger partial charge is 0.465 e. The number of rotatable bonds is 6. The molecule has 0 aromatic heterocycles. The van der Waals surface area contributed by atoms with Crippen LogP contribution >= 0.6 is 0 Å². The first kappa shape index (κ1) is 13.3. The molecule has 3 rings (SSSR count). The monoisotopic (exact) mass is 274 g/mol. The minimum absolute atomic E-state index is 0.302. The van der Waals surface area contributed by atoms with Gasteiger partial charge in [0.25, 0.3) is 0 Å². The summed E-state index contributed by atoms with van der Waals surface area (Å²) in [5, 5.41) is 0. The number of anilines is 2. The number of benzene rings is 1. The number of nitrogens with two attached hydrogens (primary N) is 1. The van der Waals surface area contributed by atoms with Crippen LogP contribution in [-0.2, 0) is 4.74 Å². The van der Waals surface area contributed by atoms with Gasteiger partial charge in [-0.05, 0) is 55.7 Å². The van der Waals surface area contributed by atoms with Crippen LogP contribution in [0, 0.1) is 11.8 Å². The Morgan fingerprint density at radius 1 is 1.25 bits per heavy atom. The highest BCUT2D eigenvalue weighted by atomic mass is 16.5. The molecule has 2 aliphatic carbocycles. The van der Waals surface area contributed by atoms with Crippen LogP contribution < -0.4 is 10.6 Å². The number of ether oxygens (including phenoxy) is 1. The van der Waals surface area contributed by atoms with Crippen molar-refractivity contribution in [3.63, 3.8) is 0 Å². The molecule has 2 fully saturated rings. The lowest BCUT2D eigenvalue weighted by Gasteiger charge is -2.26. The number of carbonyl (C=O) groups is 1. The van der Waals surface area contributed by atoms with E-state index in [0.717, 1.165) is 36.3 Å². The second-order valence-corrected chi connectivity index (χ2v) is 6.06. The molecule has 0 saturated heterocycles. The SMILES string of the molecule is COC(=O)c1ccc(N)c(N(CC2CC2)CC2CC2)c1. The molecule has 20 heavy (non-hydrogen) atoms. The standard InChI is InChI=1S/C16H22N2O2/c1-20-16(19)13-6-7-14(17)15(8-13)18(9-11-2-3-11)10-12-4-5-12/h6-8,11-12H,2-5,9-10,17H2,1H3. The van der Waals surface area contributed by atoms with Crippen LogP contribution in [0.3, 0.4) is 0 Å². The molecule has 0 heterocycles. The Labute approximate surface area is 119 Å². The van der Waals surface area contributed by atoms with Gasteiger partial charge in [0.2, 0.25) is 0 Å². The summed E-state index contributed by atoms with van der Waals surface area (Å²) in [5.41, 5.74) is 8.45. The van der Waals surface area contributed by atoms with Crippen LogP contribution in [0.2, 0.25) is 0 Å². The molecule has 2 N–H and O–H groups in total. The van der Waals surface area contributed by atoms with Gasteiger partial charge < -0.3 is 15.4 Å². The maximum Gasteiger partial charge on any atom is 0.337 e. The third-order valence-electron chi connectivity index (χ3n) is 4.14. The van der Waals surface area contributed by atoms with Crippen molar-refractivity contribution in [1.82, 2.24) is 0 Å². The number of methoxy groups -OCH3 is 1. The highest BCUT2D eigenvalue weighted by Gasteiger charge is 2.30. The van der Waals surface area contributed by atoms with E-state index in [1.165, 1.54) is 32.8 Å².